The van der Waals surface area contributed by atoms with E-state index >= 15 is 0 Å². The van der Waals surface area contributed by atoms with Crippen molar-refractivity contribution in [2.45, 2.75) is 24.9 Å². The highest BCUT2D eigenvalue weighted by atomic mass is 35.5. The number of primary amides is 1. The number of aliphatic hydroxyl groups is 1. The quantitative estimate of drug-likeness (QED) is 0.256. The first-order valence-electron chi connectivity index (χ1n) is 12.0. The molecule has 10 nitrogen and oxygen atoms in total. The van der Waals surface area contributed by atoms with Gasteiger partial charge in [-0.15, -0.1) is 0 Å². The maximum Gasteiger partial charge on any atom is 0.251 e. The van der Waals surface area contributed by atoms with E-state index in [1.165, 1.54) is 55.7 Å². The van der Waals surface area contributed by atoms with Crippen LogP contribution in [0.15, 0.2) is 36.4 Å². The monoisotopic (exact) mass is 585 g/mol. The van der Waals surface area contributed by atoms with E-state index < -0.39 is 28.6 Å². The minimum Gasteiger partial charge on any atom is -0.494 e. The molecule has 5 rings (SSSR count). The third-order valence-electron chi connectivity index (χ3n) is 6.91. The molecule has 208 valence electrons. The number of ether oxygens (including phenoxy) is 2. The van der Waals surface area contributed by atoms with Crippen molar-refractivity contribution in [2.24, 2.45) is 5.73 Å². The molecule has 2 aromatic carbocycles. The number of pyridine rings is 1. The first-order valence-corrected chi connectivity index (χ1v) is 13.2. The van der Waals surface area contributed by atoms with Crippen LogP contribution in [0.1, 0.15) is 35.5 Å². The minimum atomic E-state index is -1.71. The summed E-state index contributed by atoms with van der Waals surface area (Å²) in [7, 11) is 1.46. The third-order valence-corrected chi connectivity index (χ3v) is 8.03. The number of nitrogens with zero attached hydrogens (tertiary/aromatic N) is 2. The molecule has 0 unspecified atom stereocenters. The van der Waals surface area contributed by atoms with Gasteiger partial charge in [0.05, 0.1) is 29.1 Å². The van der Waals surface area contributed by atoms with Crippen LogP contribution in [-0.2, 0) is 15.8 Å². The van der Waals surface area contributed by atoms with Crippen LogP contribution in [0.3, 0.4) is 0 Å². The normalized spacial score (nSPS) is 17.6. The van der Waals surface area contributed by atoms with E-state index in [4.69, 9.17) is 32.5 Å². The van der Waals surface area contributed by atoms with Crippen molar-refractivity contribution >= 4 is 50.1 Å². The number of nitrogen functional groups attached to an aromatic ring is 1. The molecular weight excluding hydrogens is 561 g/mol. The first-order chi connectivity index (χ1) is 18.8. The van der Waals surface area contributed by atoms with Gasteiger partial charge in [-0.1, -0.05) is 22.9 Å². The number of amides is 2. The number of carbonyl (C=O) groups is 2. The van der Waals surface area contributed by atoms with E-state index in [9.17, 15) is 19.1 Å². The largest absolute Gasteiger partial charge is 0.494 e. The highest BCUT2D eigenvalue weighted by Gasteiger charge is 2.45. The van der Waals surface area contributed by atoms with Crippen molar-refractivity contribution in [1.29, 1.82) is 0 Å². The first kappa shape index (κ1) is 27.6. The maximum absolute atomic E-state index is 13.9. The van der Waals surface area contributed by atoms with Gasteiger partial charge in [0.1, 0.15) is 46.1 Å². The zero-order chi connectivity index (χ0) is 29.0. The van der Waals surface area contributed by atoms with E-state index in [0.29, 0.717) is 32.2 Å². The number of nitrogens with one attached hydrogen (secondary N) is 1. The Labute approximate surface area is 237 Å². The number of hydrogen-bond acceptors (Lipinski definition) is 9. The number of rotatable bonds is 7. The summed E-state index contributed by atoms with van der Waals surface area (Å²) in [5.74, 6) is -1.07. The van der Waals surface area contributed by atoms with Crippen LogP contribution in [0.5, 0.6) is 11.5 Å². The number of anilines is 1. The van der Waals surface area contributed by atoms with Crippen molar-refractivity contribution in [3.63, 3.8) is 0 Å². The average Bonchev–Trinajstić information content (AvgIpc) is 3.47. The average molecular weight is 586 g/mol. The molecule has 3 heterocycles. The summed E-state index contributed by atoms with van der Waals surface area (Å²) in [6.07, 6.45) is 0. The molecule has 1 aliphatic heterocycles. The number of halogens is 2. The van der Waals surface area contributed by atoms with Crippen LogP contribution in [0.25, 0.3) is 21.5 Å². The summed E-state index contributed by atoms with van der Waals surface area (Å²) in [6, 6.07) is 8.71. The predicted octanol–water partition coefficient (Wildman–Crippen LogP) is 3.51. The van der Waals surface area contributed by atoms with Crippen molar-refractivity contribution in [2.75, 3.05) is 26.0 Å². The fourth-order valence-corrected chi connectivity index (χ4v) is 5.42. The van der Waals surface area contributed by atoms with Crippen LogP contribution < -0.4 is 26.3 Å². The van der Waals surface area contributed by atoms with Crippen LogP contribution in [0.2, 0.25) is 5.02 Å². The van der Waals surface area contributed by atoms with Crippen molar-refractivity contribution in [3.8, 4) is 22.8 Å². The fourth-order valence-electron chi connectivity index (χ4n) is 4.45. The Balaban J connectivity index is 1.51. The fraction of sp³-hybridized carbons (Fsp3) is 0.259. The number of carbonyl (C=O) groups excluding carboxylic acids is 2. The van der Waals surface area contributed by atoms with Gasteiger partial charge in [0, 0.05) is 16.7 Å². The summed E-state index contributed by atoms with van der Waals surface area (Å²) in [4.78, 5) is 34.4. The van der Waals surface area contributed by atoms with E-state index in [0.717, 1.165) is 0 Å². The highest BCUT2D eigenvalue weighted by molar-refractivity contribution is 7.22. The Morgan fingerprint density at radius 1 is 1.30 bits per heavy atom. The van der Waals surface area contributed by atoms with Crippen LogP contribution >= 0.6 is 22.9 Å². The van der Waals surface area contributed by atoms with E-state index in [1.54, 1.807) is 13.0 Å². The van der Waals surface area contributed by atoms with Gasteiger partial charge in [0.25, 0.3) is 5.91 Å². The molecule has 0 aliphatic carbocycles. The number of fused-ring (bicyclic) bond motifs is 2. The van der Waals surface area contributed by atoms with Crippen molar-refractivity contribution in [3.05, 3.63) is 64.1 Å². The molecule has 2 amide bonds. The second kappa shape index (κ2) is 9.88. The molecule has 0 saturated carbocycles. The maximum atomic E-state index is 13.9. The lowest BCUT2D eigenvalue weighted by Crippen LogP contribution is -2.41. The molecule has 2 aromatic heterocycles. The SMILES string of the molecule is COc1cc(C(=O)NC[C@](C)(O)c2cc3c(c(-c4ccc(F)c(Cl)c4)n2)OC[C@]3(C)C(N)=O)cc2sc(N)nc12. The van der Waals surface area contributed by atoms with Gasteiger partial charge in [-0.25, -0.2) is 14.4 Å². The number of methoxy groups -OCH3 is 1. The van der Waals surface area contributed by atoms with E-state index in [-0.39, 0.29) is 40.9 Å². The van der Waals surface area contributed by atoms with Gasteiger partial charge in [0.15, 0.2) is 5.13 Å². The van der Waals surface area contributed by atoms with Gasteiger partial charge in [-0.05, 0) is 50.2 Å². The summed E-state index contributed by atoms with van der Waals surface area (Å²) in [5.41, 5.74) is 10.6. The Morgan fingerprint density at radius 2 is 2.05 bits per heavy atom. The minimum absolute atomic E-state index is 0.0456. The van der Waals surface area contributed by atoms with E-state index in [1.807, 2.05) is 0 Å². The number of aromatic nitrogens is 2. The molecule has 6 N–H and O–H groups in total. The molecule has 0 radical (unpaired) electrons. The topological polar surface area (TPSA) is 163 Å². The van der Waals surface area contributed by atoms with Gasteiger partial charge >= 0.3 is 0 Å². The summed E-state index contributed by atoms with van der Waals surface area (Å²) < 4.78 is 25.8. The summed E-state index contributed by atoms with van der Waals surface area (Å²) >= 11 is 7.23. The Hall–Kier alpha value is -4.00. The molecule has 4 aromatic rings. The second-order valence-electron chi connectivity index (χ2n) is 9.88. The van der Waals surface area contributed by atoms with Crippen LogP contribution in [0.4, 0.5) is 9.52 Å². The standard InChI is InChI=1S/C27H25ClFN5O5S/c1-26(24(30)36)11-39-22-14(26)9-19(33-20(22)12-4-5-16(29)15(28)6-12)27(2,37)10-32-23(35)13-7-17(38-3)21-18(8-13)40-25(31)34-21/h4-9,37H,10-11H2,1-3H3,(H2,30,36)(H2,31,34)(H,32,35)/t26-,27-/m0/s1. The number of hydrogen-bond donors (Lipinski definition) is 4. The molecule has 0 saturated heterocycles. The zero-order valence-electron chi connectivity index (χ0n) is 21.7. The molecule has 0 bridgehead atoms. The lowest BCUT2D eigenvalue weighted by Gasteiger charge is -2.26. The lowest BCUT2D eigenvalue weighted by atomic mass is 9.82. The smallest absolute Gasteiger partial charge is 0.251 e. The number of benzene rings is 2. The van der Waals surface area contributed by atoms with Gasteiger partial charge < -0.3 is 31.4 Å². The Morgan fingerprint density at radius 3 is 2.73 bits per heavy atom. The van der Waals surface area contributed by atoms with Crippen molar-refractivity contribution < 1.29 is 28.6 Å². The number of nitrogens with two attached hydrogens (primary N) is 2. The molecule has 2 atom stereocenters. The Kier molecular flexibility index (Phi) is 6.81. The molecule has 0 fully saturated rings. The second-order valence-corrected chi connectivity index (χ2v) is 11.4. The molecular formula is C27H25ClFN5O5S. The summed E-state index contributed by atoms with van der Waals surface area (Å²) in [5, 5.41) is 14.4. The Bertz CT molecular complexity index is 1690. The zero-order valence-corrected chi connectivity index (χ0v) is 23.2. The van der Waals surface area contributed by atoms with Gasteiger partial charge in [0.2, 0.25) is 5.91 Å². The van der Waals surface area contributed by atoms with E-state index in [2.05, 4.69) is 15.3 Å². The van der Waals surface area contributed by atoms with Crippen LogP contribution in [0, 0.1) is 5.82 Å². The number of thiazole rings is 1. The highest BCUT2D eigenvalue weighted by Crippen LogP contribution is 2.46. The predicted molar refractivity (Wildman–Crippen MR) is 149 cm³/mol. The van der Waals surface area contributed by atoms with Gasteiger partial charge in [-0.2, -0.15) is 0 Å². The third kappa shape index (κ3) is 4.67. The molecule has 0 spiro atoms. The van der Waals surface area contributed by atoms with Gasteiger partial charge in [-0.3, -0.25) is 9.59 Å². The molecule has 1 aliphatic rings. The molecule has 13 heteroatoms. The lowest BCUT2D eigenvalue weighted by molar-refractivity contribution is -0.123. The van der Waals surface area contributed by atoms with Crippen LogP contribution in [-0.4, -0.2) is 47.2 Å². The molecule has 40 heavy (non-hydrogen) atoms. The summed E-state index contributed by atoms with van der Waals surface area (Å²) in [6.45, 7) is 2.80. The van der Waals surface area contributed by atoms with Crippen molar-refractivity contribution in [1.82, 2.24) is 15.3 Å².